The van der Waals surface area contributed by atoms with E-state index < -0.39 is 0 Å². The van der Waals surface area contributed by atoms with E-state index in [0.717, 1.165) is 37.8 Å². The maximum Gasteiger partial charge on any atom is 0.254 e. The topological polar surface area (TPSA) is 70.0 Å². The maximum absolute atomic E-state index is 12.5. The molecule has 5 heteroatoms. The van der Waals surface area contributed by atoms with Crippen molar-refractivity contribution in [2.24, 2.45) is 11.8 Å². The maximum atomic E-state index is 12.5. The summed E-state index contributed by atoms with van der Waals surface area (Å²) >= 11 is 0. The van der Waals surface area contributed by atoms with Gasteiger partial charge in [-0.3, -0.25) is 4.79 Å². The summed E-state index contributed by atoms with van der Waals surface area (Å²) in [5.41, 5.74) is 1.65. The predicted octanol–water partition coefficient (Wildman–Crippen LogP) is 3.94. The van der Waals surface area contributed by atoms with Crippen LogP contribution in [0, 0.1) is 11.8 Å². The third-order valence-corrected chi connectivity index (χ3v) is 5.72. The number of nitrogens with zero attached hydrogens (tertiary/aromatic N) is 1. The van der Waals surface area contributed by atoms with Crippen LogP contribution in [0.5, 0.6) is 17.2 Å². The first-order valence-electron chi connectivity index (χ1n) is 9.61. The van der Waals surface area contributed by atoms with Gasteiger partial charge in [-0.15, -0.1) is 0 Å². The quantitative estimate of drug-likeness (QED) is 0.840. The number of fused-ring (bicyclic) bond motifs is 1. The summed E-state index contributed by atoms with van der Waals surface area (Å²) in [5.74, 6) is 2.16. The molecule has 1 aliphatic carbocycles. The minimum absolute atomic E-state index is 0.0373. The molecule has 0 saturated heterocycles. The van der Waals surface area contributed by atoms with E-state index in [1.165, 1.54) is 0 Å². The van der Waals surface area contributed by atoms with Gasteiger partial charge in [-0.05, 0) is 67.3 Å². The van der Waals surface area contributed by atoms with E-state index in [4.69, 9.17) is 4.74 Å². The number of phenols is 2. The van der Waals surface area contributed by atoms with Crippen LogP contribution in [0.25, 0.3) is 0 Å². The number of hydrogen-bond donors (Lipinski definition) is 2. The predicted molar refractivity (Wildman–Crippen MR) is 102 cm³/mol. The molecule has 0 aromatic heterocycles. The lowest BCUT2D eigenvalue weighted by Gasteiger charge is -2.31. The molecule has 1 heterocycles. The molecule has 1 aliphatic heterocycles. The Morgan fingerprint density at radius 2 is 1.70 bits per heavy atom. The summed E-state index contributed by atoms with van der Waals surface area (Å²) in [4.78, 5) is 14.5. The van der Waals surface area contributed by atoms with Gasteiger partial charge >= 0.3 is 0 Å². The van der Waals surface area contributed by atoms with Gasteiger partial charge in [0.2, 0.25) is 0 Å². The molecule has 0 unspecified atom stereocenters. The number of phenolic OH excluding ortho intramolecular Hbond substituents is 2. The SMILES string of the molecule is O=C1c2cc(O)ccc2CN1C[C@H]1CC[C@H](COc2cccc(O)c2)CC1. The van der Waals surface area contributed by atoms with Gasteiger partial charge in [-0.1, -0.05) is 12.1 Å². The largest absolute Gasteiger partial charge is 0.508 e. The monoisotopic (exact) mass is 367 g/mol. The molecule has 0 spiro atoms. The van der Waals surface area contributed by atoms with Gasteiger partial charge < -0.3 is 19.8 Å². The van der Waals surface area contributed by atoms with E-state index in [-0.39, 0.29) is 17.4 Å². The van der Waals surface area contributed by atoms with Gasteiger partial charge in [0.05, 0.1) is 6.61 Å². The van der Waals surface area contributed by atoms with Crippen molar-refractivity contribution in [3.8, 4) is 17.2 Å². The van der Waals surface area contributed by atoms with Crippen molar-refractivity contribution < 1.29 is 19.7 Å². The Morgan fingerprint density at radius 3 is 2.48 bits per heavy atom. The van der Waals surface area contributed by atoms with E-state index >= 15 is 0 Å². The second-order valence-electron chi connectivity index (χ2n) is 7.72. The minimum atomic E-state index is 0.0373. The van der Waals surface area contributed by atoms with Gasteiger partial charge in [0.1, 0.15) is 17.2 Å². The van der Waals surface area contributed by atoms with Crippen LogP contribution >= 0.6 is 0 Å². The molecule has 2 aromatic carbocycles. The third-order valence-electron chi connectivity index (χ3n) is 5.72. The van der Waals surface area contributed by atoms with Gasteiger partial charge in [0, 0.05) is 24.7 Å². The van der Waals surface area contributed by atoms with E-state index in [0.29, 0.717) is 36.3 Å². The Hall–Kier alpha value is -2.69. The Kier molecular flexibility index (Phi) is 4.92. The molecular formula is C22H25NO4. The van der Waals surface area contributed by atoms with Crippen LogP contribution < -0.4 is 4.74 Å². The van der Waals surface area contributed by atoms with Crippen molar-refractivity contribution in [3.63, 3.8) is 0 Å². The first-order chi connectivity index (χ1) is 13.1. The number of amides is 1. The lowest BCUT2D eigenvalue weighted by atomic mass is 9.82. The Bertz CT molecular complexity index is 827. The summed E-state index contributed by atoms with van der Waals surface area (Å²) in [6, 6.07) is 12.0. The summed E-state index contributed by atoms with van der Waals surface area (Å²) < 4.78 is 5.82. The summed E-state index contributed by atoms with van der Waals surface area (Å²) in [7, 11) is 0. The zero-order chi connectivity index (χ0) is 18.8. The lowest BCUT2D eigenvalue weighted by molar-refractivity contribution is 0.0721. The van der Waals surface area contributed by atoms with E-state index in [9.17, 15) is 15.0 Å². The van der Waals surface area contributed by atoms with Crippen LogP contribution in [0.1, 0.15) is 41.6 Å². The highest BCUT2D eigenvalue weighted by atomic mass is 16.5. The zero-order valence-electron chi connectivity index (χ0n) is 15.3. The fourth-order valence-electron chi connectivity index (χ4n) is 4.18. The van der Waals surface area contributed by atoms with Crippen LogP contribution in [0.4, 0.5) is 0 Å². The summed E-state index contributed by atoms with van der Waals surface area (Å²) in [5, 5.41) is 19.1. The molecule has 1 amide bonds. The normalized spacial score (nSPS) is 21.9. The highest BCUT2D eigenvalue weighted by molar-refractivity contribution is 5.98. The molecular weight excluding hydrogens is 342 g/mol. The van der Waals surface area contributed by atoms with Crippen LogP contribution in [0.3, 0.4) is 0 Å². The molecule has 5 nitrogen and oxygen atoms in total. The zero-order valence-corrected chi connectivity index (χ0v) is 15.3. The fourth-order valence-corrected chi connectivity index (χ4v) is 4.18. The first kappa shape index (κ1) is 17.7. The smallest absolute Gasteiger partial charge is 0.254 e. The van der Waals surface area contributed by atoms with E-state index in [1.54, 1.807) is 30.3 Å². The Morgan fingerprint density at radius 1 is 0.963 bits per heavy atom. The van der Waals surface area contributed by atoms with Crippen molar-refractivity contribution in [1.82, 2.24) is 4.90 Å². The van der Waals surface area contributed by atoms with Gasteiger partial charge in [0.25, 0.3) is 5.91 Å². The standard InChI is InChI=1S/C22H25NO4/c24-18-2-1-3-20(10-18)27-14-16-6-4-15(5-7-16)12-23-13-17-8-9-19(25)11-21(17)22(23)26/h1-3,8-11,15-16,24-25H,4-7,12-14H2/t15-,16-. The first-order valence-corrected chi connectivity index (χ1v) is 9.61. The molecule has 2 aromatic rings. The van der Waals surface area contributed by atoms with Crippen molar-refractivity contribution in [2.75, 3.05) is 13.2 Å². The number of rotatable bonds is 5. The average Bonchev–Trinajstić information content (AvgIpc) is 2.97. The molecule has 0 atom stereocenters. The minimum Gasteiger partial charge on any atom is -0.508 e. The van der Waals surface area contributed by atoms with Crippen molar-refractivity contribution in [1.29, 1.82) is 0 Å². The molecule has 0 radical (unpaired) electrons. The Labute approximate surface area is 159 Å². The van der Waals surface area contributed by atoms with Crippen LogP contribution in [0.15, 0.2) is 42.5 Å². The third kappa shape index (κ3) is 4.02. The number of carbonyl (C=O) groups is 1. The number of carbonyl (C=O) groups excluding carboxylic acids is 1. The highest BCUT2D eigenvalue weighted by Crippen LogP contribution is 2.33. The van der Waals surface area contributed by atoms with Crippen LogP contribution in [-0.2, 0) is 6.54 Å². The van der Waals surface area contributed by atoms with Crippen LogP contribution in [-0.4, -0.2) is 34.2 Å². The van der Waals surface area contributed by atoms with E-state index in [1.807, 2.05) is 17.0 Å². The number of aromatic hydroxyl groups is 2. The van der Waals surface area contributed by atoms with Crippen molar-refractivity contribution in [3.05, 3.63) is 53.6 Å². The molecule has 27 heavy (non-hydrogen) atoms. The molecule has 2 N–H and O–H groups in total. The molecule has 4 rings (SSSR count). The van der Waals surface area contributed by atoms with Crippen LogP contribution in [0.2, 0.25) is 0 Å². The molecule has 1 saturated carbocycles. The molecule has 2 aliphatic rings. The second-order valence-corrected chi connectivity index (χ2v) is 7.72. The lowest BCUT2D eigenvalue weighted by Crippen LogP contribution is -2.32. The van der Waals surface area contributed by atoms with Gasteiger partial charge in [-0.25, -0.2) is 0 Å². The number of hydrogen-bond acceptors (Lipinski definition) is 4. The fraction of sp³-hybridized carbons (Fsp3) is 0.409. The van der Waals surface area contributed by atoms with Crippen molar-refractivity contribution in [2.45, 2.75) is 32.2 Å². The van der Waals surface area contributed by atoms with Gasteiger partial charge in [-0.2, -0.15) is 0 Å². The average molecular weight is 367 g/mol. The summed E-state index contributed by atoms with van der Waals surface area (Å²) in [6.45, 7) is 2.10. The van der Waals surface area contributed by atoms with Crippen molar-refractivity contribution >= 4 is 5.91 Å². The molecule has 0 bridgehead atoms. The Balaban J connectivity index is 1.25. The highest BCUT2D eigenvalue weighted by Gasteiger charge is 2.31. The molecule has 142 valence electrons. The molecule has 1 fully saturated rings. The number of benzene rings is 2. The number of ether oxygens (including phenoxy) is 1. The second kappa shape index (κ2) is 7.51. The summed E-state index contributed by atoms with van der Waals surface area (Å²) in [6.07, 6.45) is 4.39. The van der Waals surface area contributed by atoms with E-state index in [2.05, 4.69) is 0 Å². The van der Waals surface area contributed by atoms with Gasteiger partial charge in [0.15, 0.2) is 0 Å².